The van der Waals surface area contributed by atoms with E-state index in [1.807, 2.05) is 26.8 Å². The van der Waals surface area contributed by atoms with Crippen LogP contribution in [0.2, 0.25) is 0 Å². The standard InChI is InChI=1S/C14H15N3OS/c1-8-6-13(18)12(7-15)9(2)11(8)4-5-14-17-16-10(3)19-14/h4-6H2,1-3H3. The first kappa shape index (κ1) is 13.6. The van der Waals surface area contributed by atoms with Crippen molar-refractivity contribution in [3.63, 3.8) is 0 Å². The van der Waals surface area contributed by atoms with Crippen LogP contribution in [0.25, 0.3) is 0 Å². The van der Waals surface area contributed by atoms with Gasteiger partial charge in [0.05, 0.1) is 5.57 Å². The van der Waals surface area contributed by atoms with Crippen LogP contribution in [0.1, 0.15) is 36.7 Å². The van der Waals surface area contributed by atoms with Gasteiger partial charge in [-0.2, -0.15) is 5.26 Å². The molecule has 0 aliphatic heterocycles. The summed E-state index contributed by atoms with van der Waals surface area (Å²) in [5.41, 5.74) is 3.35. The Morgan fingerprint density at radius 2 is 2.00 bits per heavy atom. The van der Waals surface area contributed by atoms with Crippen molar-refractivity contribution in [2.24, 2.45) is 0 Å². The fourth-order valence-corrected chi connectivity index (χ4v) is 3.04. The van der Waals surface area contributed by atoms with Crippen LogP contribution < -0.4 is 0 Å². The topological polar surface area (TPSA) is 66.6 Å². The van der Waals surface area contributed by atoms with E-state index in [9.17, 15) is 4.79 Å². The summed E-state index contributed by atoms with van der Waals surface area (Å²) in [7, 11) is 0. The number of carbonyl (C=O) groups is 1. The molecule has 1 aromatic rings. The Bertz CT molecular complexity index is 631. The molecule has 0 radical (unpaired) electrons. The first-order chi connectivity index (χ1) is 9.02. The summed E-state index contributed by atoms with van der Waals surface area (Å²) in [6, 6.07) is 2.03. The lowest BCUT2D eigenvalue weighted by molar-refractivity contribution is -0.114. The van der Waals surface area contributed by atoms with E-state index in [0.29, 0.717) is 12.0 Å². The SMILES string of the molecule is CC1=C(CCc2nnc(C)s2)C(C)=C(C#N)C(=O)C1. The summed E-state index contributed by atoms with van der Waals surface area (Å²) >= 11 is 1.59. The summed E-state index contributed by atoms with van der Waals surface area (Å²) in [5.74, 6) is -0.0620. The number of allylic oxidation sites excluding steroid dienone is 4. The maximum atomic E-state index is 11.7. The molecule has 0 unspecified atom stereocenters. The van der Waals surface area contributed by atoms with Crippen LogP contribution in [-0.2, 0) is 11.2 Å². The lowest BCUT2D eigenvalue weighted by Gasteiger charge is -2.18. The zero-order valence-electron chi connectivity index (χ0n) is 11.3. The first-order valence-electron chi connectivity index (χ1n) is 6.15. The minimum atomic E-state index is -0.0620. The van der Waals surface area contributed by atoms with E-state index >= 15 is 0 Å². The number of aromatic nitrogens is 2. The van der Waals surface area contributed by atoms with E-state index in [1.54, 1.807) is 11.3 Å². The van der Waals surface area contributed by atoms with Crippen molar-refractivity contribution in [3.8, 4) is 6.07 Å². The molecule has 4 nitrogen and oxygen atoms in total. The highest BCUT2D eigenvalue weighted by Gasteiger charge is 2.23. The summed E-state index contributed by atoms with van der Waals surface area (Å²) in [5, 5.41) is 19.1. The van der Waals surface area contributed by atoms with Crippen molar-refractivity contribution in [2.45, 2.75) is 40.0 Å². The molecule has 0 N–H and O–H groups in total. The molecule has 5 heteroatoms. The molecule has 0 aromatic carbocycles. The Labute approximate surface area is 116 Å². The van der Waals surface area contributed by atoms with Crippen LogP contribution in [0.15, 0.2) is 22.3 Å². The third-order valence-corrected chi connectivity index (χ3v) is 4.21. The largest absolute Gasteiger partial charge is 0.293 e. The molecular weight excluding hydrogens is 258 g/mol. The van der Waals surface area contributed by atoms with Crippen molar-refractivity contribution < 1.29 is 4.79 Å². The Morgan fingerprint density at radius 1 is 1.26 bits per heavy atom. The van der Waals surface area contributed by atoms with Gasteiger partial charge in [0.25, 0.3) is 0 Å². The highest BCUT2D eigenvalue weighted by molar-refractivity contribution is 7.11. The fourth-order valence-electron chi connectivity index (χ4n) is 2.33. The fraction of sp³-hybridized carbons (Fsp3) is 0.429. The van der Waals surface area contributed by atoms with Gasteiger partial charge in [0.15, 0.2) is 5.78 Å². The van der Waals surface area contributed by atoms with Gasteiger partial charge in [0, 0.05) is 12.8 Å². The molecule has 0 spiro atoms. The van der Waals surface area contributed by atoms with Crippen molar-refractivity contribution in [2.75, 3.05) is 0 Å². The third kappa shape index (κ3) is 2.79. The molecule has 0 saturated carbocycles. The minimum Gasteiger partial charge on any atom is -0.293 e. The van der Waals surface area contributed by atoms with Crippen LogP contribution in [-0.4, -0.2) is 16.0 Å². The number of nitrogens with zero attached hydrogens (tertiary/aromatic N) is 3. The van der Waals surface area contributed by atoms with Crippen molar-refractivity contribution in [1.29, 1.82) is 5.26 Å². The lowest BCUT2D eigenvalue weighted by atomic mass is 9.84. The number of ketones is 1. The van der Waals surface area contributed by atoms with Gasteiger partial charge >= 0.3 is 0 Å². The maximum Gasteiger partial charge on any atom is 0.177 e. The van der Waals surface area contributed by atoms with Crippen molar-refractivity contribution >= 4 is 17.1 Å². The lowest BCUT2D eigenvalue weighted by Crippen LogP contribution is -2.13. The number of rotatable bonds is 3. The zero-order valence-corrected chi connectivity index (χ0v) is 12.1. The molecule has 0 amide bonds. The van der Waals surface area contributed by atoms with Crippen molar-refractivity contribution in [1.82, 2.24) is 10.2 Å². The molecule has 1 aromatic heterocycles. The second-order valence-corrected chi connectivity index (χ2v) is 5.95. The second-order valence-electron chi connectivity index (χ2n) is 4.69. The normalized spacial score (nSPS) is 16.0. The highest BCUT2D eigenvalue weighted by Crippen LogP contribution is 2.31. The monoisotopic (exact) mass is 273 g/mol. The van der Waals surface area contributed by atoms with E-state index in [4.69, 9.17) is 5.26 Å². The van der Waals surface area contributed by atoms with E-state index in [-0.39, 0.29) is 5.78 Å². The maximum absolute atomic E-state index is 11.7. The van der Waals surface area contributed by atoms with E-state index < -0.39 is 0 Å². The van der Waals surface area contributed by atoms with E-state index in [2.05, 4.69) is 10.2 Å². The summed E-state index contributed by atoms with van der Waals surface area (Å²) < 4.78 is 0. The molecule has 0 bridgehead atoms. The minimum absolute atomic E-state index is 0.0620. The molecule has 19 heavy (non-hydrogen) atoms. The molecule has 1 heterocycles. The summed E-state index contributed by atoms with van der Waals surface area (Å²) in [6.45, 7) is 5.76. The molecule has 0 atom stereocenters. The van der Waals surface area contributed by atoms with Gasteiger partial charge in [-0.15, -0.1) is 21.5 Å². The van der Waals surface area contributed by atoms with Gasteiger partial charge in [-0.1, -0.05) is 5.57 Å². The number of aryl methyl sites for hydroxylation is 2. The number of carbonyl (C=O) groups excluding carboxylic acids is 1. The Hall–Kier alpha value is -1.80. The van der Waals surface area contributed by atoms with Gasteiger partial charge in [-0.25, -0.2) is 0 Å². The molecular formula is C14H15N3OS. The number of hydrogen-bond donors (Lipinski definition) is 0. The highest BCUT2D eigenvalue weighted by atomic mass is 32.1. The van der Waals surface area contributed by atoms with Gasteiger partial charge in [0.2, 0.25) is 0 Å². The van der Waals surface area contributed by atoms with E-state index in [1.165, 1.54) is 0 Å². The van der Waals surface area contributed by atoms with Crippen molar-refractivity contribution in [3.05, 3.63) is 32.3 Å². The van der Waals surface area contributed by atoms with E-state index in [0.717, 1.165) is 39.6 Å². The van der Waals surface area contributed by atoms with Gasteiger partial charge in [-0.05, 0) is 38.3 Å². The molecule has 0 saturated heterocycles. The average molecular weight is 273 g/mol. The number of nitriles is 1. The van der Waals surface area contributed by atoms with Crippen LogP contribution in [0.4, 0.5) is 0 Å². The predicted octanol–water partition coefficient (Wildman–Crippen LogP) is 2.91. The van der Waals surface area contributed by atoms with Gasteiger partial charge in [0.1, 0.15) is 16.1 Å². The molecule has 1 aliphatic rings. The van der Waals surface area contributed by atoms with Crippen LogP contribution >= 0.6 is 11.3 Å². The van der Waals surface area contributed by atoms with Gasteiger partial charge < -0.3 is 0 Å². The Morgan fingerprint density at radius 3 is 2.58 bits per heavy atom. The molecule has 1 aliphatic carbocycles. The smallest absolute Gasteiger partial charge is 0.177 e. The number of hydrogen-bond acceptors (Lipinski definition) is 5. The average Bonchev–Trinajstić information content (AvgIpc) is 2.75. The third-order valence-electron chi connectivity index (χ3n) is 3.32. The van der Waals surface area contributed by atoms with Crippen LogP contribution in [0.3, 0.4) is 0 Å². The molecule has 2 rings (SSSR count). The zero-order chi connectivity index (χ0) is 14.0. The van der Waals surface area contributed by atoms with Crippen LogP contribution in [0.5, 0.6) is 0 Å². The second kappa shape index (κ2) is 5.45. The molecule has 98 valence electrons. The quantitative estimate of drug-likeness (QED) is 0.849. The number of Topliss-reactive ketones (excluding diaryl/α,β-unsaturated/α-hetero) is 1. The molecule has 0 fully saturated rings. The Kier molecular flexibility index (Phi) is 3.91. The van der Waals surface area contributed by atoms with Crippen LogP contribution in [0, 0.1) is 18.3 Å². The summed E-state index contributed by atoms with van der Waals surface area (Å²) in [4.78, 5) is 11.7. The first-order valence-corrected chi connectivity index (χ1v) is 6.96. The Balaban J connectivity index is 2.20. The summed E-state index contributed by atoms with van der Waals surface area (Å²) in [6.07, 6.45) is 1.98. The van der Waals surface area contributed by atoms with Gasteiger partial charge in [-0.3, -0.25) is 4.79 Å². The predicted molar refractivity (Wildman–Crippen MR) is 73.6 cm³/mol.